The monoisotopic (exact) mass is 300 g/mol. The molecule has 0 saturated carbocycles. The highest BCUT2D eigenvalue weighted by molar-refractivity contribution is 7.89. The summed E-state index contributed by atoms with van der Waals surface area (Å²) in [5.41, 5.74) is 0.368. The van der Waals surface area contributed by atoms with E-state index >= 15 is 0 Å². The number of hydrogen-bond acceptors (Lipinski definition) is 3. The molecule has 1 saturated heterocycles. The van der Waals surface area contributed by atoms with Crippen molar-refractivity contribution >= 4 is 10.0 Å². The minimum absolute atomic E-state index is 0.00549. The Bertz CT molecular complexity index is 542. The quantitative estimate of drug-likeness (QED) is 0.874. The summed E-state index contributed by atoms with van der Waals surface area (Å²) in [5.74, 6) is -0.343. The van der Waals surface area contributed by atoms with E-state index in [0.717, 1.165) is 25.8 Å². The third-order valence-corrected chi connectivity index (χ3v) is 5.11. The maximum absolute atomic E-state index is 13.6. The number of piperidine rings is 1. The molecule has 1 aliphatic rings. The van der Waals surface area contributed by atoms with Gasteiger partial charge in [-0.3, -0.25) is 0 Å². The Kier molecular flexibility index (Phi) is 5.12. The maximum atomic E-state index is 13.6. The van der Waals surface area contributed by atoms with E-state index in [0.29, 0.717) is 5.56 Å². The fraction of sp³-hybridized carbons (Fsp3) is 0.571. The largest absolute Gasteiger partial charge is 0.313 e. The highest BCUT2D eigenvalue weighted by Crippen LogP contribution is 2.17. The van der Waals surface area contributed by atoms with Gasteiger partial charge in [0.25, 0.3) is 0 Å². The number of hydrogen-bond donors (Lipinski definition) is 2. The van der Waals surface area contributed by atoms with Crippen molar-refractivity contribution in [2.75, 3.05) is 12.3 Å². The van der Waals surface area contributed by atoms with E-state index in [9.17, 15) is 12.8 Å². The molecule has 0 amide bonds. The average Bonchev–Trinajstić information content (AvgIpc) is 2.39. The Hall–Kier alpha value is -0.980. The molecule has 0 bridgehead atoms. The number of sulfonamides is 1. The van der Waals surface area contributed by atoms with E-state index in [1.807, 2.05) is 0 Å². The molecule has 1 heterocycles. The second-order valence-corrected chi connectivity index (χ2v) is 7.09. The predicted molar refractivity (Wildman–Crippen MR) is 77.4 cm³/mol. The summed E-state index contributed by atoms with van der Waals surface area (Å²) in [5, 5.41) is 3.21. The lowest BCUT2D eigenvalue weighted by molar-refractivity contribution is 0.421. The zero-order valence-electron chi connectivity index (χ0n) is 11.6. The first kappa shape index (κ1) is 15.4. The summed E-state index contributed by atoms with van der Waals surface area (Å²) in [6.45, 7) is 2.52. The van der Waals surface area contributed by atoms with Crippen molar-refractivity contribution in [1.82, 2.24) is 10.0 Å². The van der Waals surface area contributed by atoms with E-state index < -0.39 is 21.9 Å². The van der Waals surface area contributed by atoms with Crippen molar-refractivity contribution in [2.45, 2.75) is 38.3 Å². The van der Waals surface area contributed by atoms with Gasteiger partial charge in [-0.25, -0.2) is 17.5 Å². The summed E-state index contributed by atoms with van der Waals surface area (Å²) >= 11 is 0. The van der Waals surface area contributed by atoms with Crippen LogP contribution in [0.3, 0.4) is 0 Å². The summed E-state index contributed by atoms with van der Waals surface area (Å²) < 4.78 is 40.4. The lowest BCUT2D eigenvalue weighted by atomic mass is 10.1. The Morgan fingerprint density at radius 2 is 2.15 bits per heavy atom. The first-order valence-electron chi connectivity index (χ1n) is 6.96. The van der Waals surface area contributed by atoms with Crippen LogP contribution in [0.1, 0.15) is 37.8 Å². The van der Waals surface area contributed by atoms with Crippen LogP contribution in [0.15, 0.2) is 24.3 Å². The zero-order chi connectivity index (χ0) is 14.6. The maximum Gasteiger partial charge on any atom is 0.213 e. The van der Waals surface area contributed by atoms with Crippen molar-refractivity contribution < 1.29 is 12.8 Å². The van der Waals surface area contributed by atoms with Gasteiger partial charge in [0.1, 0.15) is 5.82 Å². The van der Waals surface area contributed by atoms with Gasteiger partial charge in [-0.15, -0.1) is 0 Å². The number of rotatable bonds is 5. The zero-order valence-corrected chi connectivity index (χ0v) is 12.4. The lowest BCUT2D eigenvalue weighted by Gasteiger charge is -2.24. The van der Waals surface area contributed by atoms with Crippen LogP contribution in [-0.4, -0.2) is 26.8 Å². The molecule has 4 nitrogen and oxygen atoms in total. The van der Waals surface area contributed by atoms with Crippen LogP contribution in [0.25, 0.3) is 0 Å². The summed E-state index contributed by atoms with van der Waals surface area (Å²) in [6.07, 6.45) is 3.01. The number of halogens is 1. The van der Waals surface area contributed by atoms with Crippen LogP contribution in [0.2, 0.25) is 0 Å². The summed E-state index contributed by atoms with van der Waals surface area (Å²) in [4.78, 5) is 0. The fourth-order valence-corrected chi connectivity index (χ4v) is 4.11. The van der Waals surface area contributed by atoms with Gasteiger partial charge in [0.15, 0.2) is 0 Å². The fourth-order valence-electron chi connectivity index (χ4n) is 2.54. The van der Waals surface area contributed by atoms with Crippen LogP contribution in [0.5, 0.6) is 0 Å². The van der Waals surface area contributed by atoms with Crippen LogP contribution in [-0.2, 0) is 10.0 Å². The average molecular weight is 300 g/mol. The molecule has 2 rings (SSSR count). The number of benzene rings is 1. The SMILES string of the molecule is CC(NS(=O)(=O)CC1CCCCN1)c1ccccc1F. The molecule has 1 aromatic carbocycles. The van der Waals surface area contributed by atoms with Crippen LogP contribution in [0, 0.1) is 5.82 Å². The number of nitrogens with one attached hydrogen (secondary N) is 2. The smallest absolute Gasteiger partial charge is 0.213 e. The molecule has 112 valence electrons. The van der Waals surface area contributed by atoms with E-state index in [2.05, 4.69) is 10.0 Å². The van der Waals surface area contributed by atoms with Crippen LogP contribution >= 0.6 is 0 Å². The molecule has 6 heteroatoms. The van der Waals surface area contributed by atoms with E-state index in [-0.39, 0.29) is 11.8 Å². The molecule has 2 atom stereocenters. The van der Waals surface area contributed by atoms with Gasteiger partial charge in [-0.2, -0.15) is 0 Å². The second-order valence-electron chi connectivity index (χ2n) is 5.29. The normalized spacial score (nSPS) is 21.6. The summed E-state index contributed by atoms with van der Waals surface area (Å²) in [6, 6.07) is 5.65. The Labute approximate surface area is 119 Å². The van der Waals surface area contributed by atoms with Gasteiger partial charge in [0, 0.05) is 17.6 Å². The Morgan fingerprint density at radius 3 is 2.80 bits per heavy atom. The molecule has 1 fully saturated rings. The molecule has 0 aliphatic carbocycles. The van der Waals surface area contributed by atoms with Gasteiger partial charge in [0.05, 0.1) is 5.75 Å². The Balaban J connectivity index is 1.98. The van der Waals surface area contributed by atoms with Gasteiger partial charge in [0.2, 0.25) is 10.0 Å². The predicted octanol–water partition coefficient (Wildman–Crippen LogP) is 1.95. The molecular weight excluding hydrogens is 279 g/mol. The highest BCUT2D eigenvalue weighted by Gasteiger charge is 2.23. The van der Waals surface area contributed by atoms with Crippen LogP contribution in [0.4, 0.5) is 4.39 Å². The molecular formula is C14H21FN2O2S. The molecule has 0 radical (unpaired) electrons. The molecule has 20 heavy (non-hydrogen) atoms. The van der Waals surface area contributed by atoms with E-state index in [1.54, 1.807) is 25.1 Å². The van der Waals surface area contributed by atoms with Crippen molar-refractivity contribution in [2.24, 2.45) is 0 Å². The highest BCUT2D eigenvalue weighted by atomic mass is 32.2. The topological polar surface area (TPSA) is 58.2 Å². The van der Waals surface area contributed by atoms with Crippen molar-refractivity contribution in [3.8, 4) is 0 Å². The van der Waals surface area contributed by atoms with Gasteiger partial charge < -0.3 is 5.32 Å². The van der Waals surface area contributed by atoms with E-state index in [1.165, 1.54) is 6.07 Å². The lowest BCUT2D eigenvalue weighted by Crippen LogP contribution is -2.43. The Morgan fingerprint density at radius 1 is 1.40 bits per heavy atom. The molecule has 2 N–H and O–H groups in total. The van der Waals surface area contributed by atoms with E-state index in [4.69, 9.17) is 0 Å². The minimum atomic E-state index is -3.42. The first-order chi connectivity index (χ1) is 9.48. The minimum Gasteiger partial charge on any atom is -0.313 e. The molecule has 1 aliphatic heterocycles. The van der Waals surface area contributed by atoms with Crippen LogP contribution < -0.4 is 10.0 Å². The first-order valence-corrected chi connectivity index (χ1v) is 8.61. The van der Waals surface area contributed by atoms with Gasteiger partial charge in [-0.1, -0.05) is 24.6 Å². The molecule has 0 aromatic heterocycles. The molecule has 2 unspecified atom stereocenters. The van der Waals surface area contributed by atoms with Crippen molar-refractivity contribution in [1.29, 1.82) is 0 Å². The second kappa shape index (κ2) is 6.65. The third-order valence-electron chi connectivity index (χ3n) is 3.56. The molecule has 0 spiro atoms. The van der Waals surface area contributed by atoms with Crippen molar-refractivity contribution in [3.05, 3.63) is 35.6 Å². The third kappa shape index (κ3) is 4.26. The standard InChI is InChI=1S/C14H21FN2O2S/c1-11(13-7-2-3-8-14(13)15)17-20(18,19)10-12-6-4-5-9-16-12/h2-3,7-8,11-12,16-17H,4-6,9-10H2,1H3. The van der Waals surface area contributed by atoms with Crippen molar-refractivity contribution in [3.63, 3.8) is 0 Å². The summed E-state index contributed by atoms with van der Waals surface area (Å²) in [7, 11) is -3.42. The van der Waals surface area contributed by atoms with Gasteiger partial charge in [-0.05, 0) is 32.4 Å². The molecule has 1 aromatic rings. The van der Waals surface area contributed by atoms with Gasteiger partial charge >= 0.3 is 0 Å².